The Morgan fingerprint density at radius 3 is 0.615 bits per heavy atom. The van der Waals surface area contributed by atoms with Gasteiger partial charge in [0.05, 0.1) is 0 Å². The Morgan fingerprint density at radius 1 is 0.615 bits per heavy atom. The van der Waals surface area contributed by atoms with E-state index in [0.29, 0.717) is 0 Å². The van der Waals surface area contributed by atoms with Gasteiger partial charge in [-0.05, 0) is 0 Å². The van der Waals surface area contributed by atoms with Crippen LogP contribution in [0.3, 0.4) is 0 Å². The number of hydrogen-bond donors (Lipinski definition) is 0. The molecule has 0 bridgehead atoms. The van der Waals surface area contributed by atoms with Crippen molar-refractivity contribution >= 4 is 54.6 Å². The second kappa shape index (κ2) is 12.9. The molecule has 0 radical (unpaired) electrons. The van der Waals surface area contributed by atoms with Gasteiger partial charge < -0.3 is 42.8 Å². The maximum Gasteiger partial charge on any atom is 4.00 e. The van der Waals surface area contributed by atoms with Crippen LogP contribution < -0.4 is 67.1 Å². The van der Waals surface area contributed by atoms with E-state index >= 15 is 0 Å². The largest absolute Gasteiger partial charge is 4.00 e. The molecule has 0 aliphatic carbocycles. The molecule has 6 nitrogen and oxygen atoms in total. The van der Waals surface area contributed by atoms with E-state index in [0.717, 1.165) is 0 Å². The van der Waals surface area contributed by atoms with Crippen molar-refractivity contribution in [3.8, 4) is 0 Å². The molecule has 13 heavy (non-hydrogen) atoms. The SMILES string of the molecule is [Ge+4].[Li+].[Li+].[O-]P([O-])([O-])=S.[O-]P([O-])([O-])=S. The van der Waals surface area contributed by atoms with Gasteiger partial charge >= 0.3 is 55.3 Å². The van der Waals surface area contributed by atoms with Gasteiger partial charge in [-0.25, -0.2) is 0 Å². The maximum atomic E-state index is 8.92. The van der Waals surface area contributed by atoms with E-state index < -0.39 is 13.4 Å². The van der Waals surface area contributed by atoms with Gasteiger partial charge in [-0.15, -0.1) is 0 Å². The Hall–Kier alpha value is 2.80. The van der Waals surface area contributed by atoms with E-state index in [9.17, 15) is 0 Å². The molecule has 0 aromatic carbocycles. The van der Waals surface area contributed by atoms with Crippen molar-refractivity contribution in [2.75, 3.05) is 0 Å². The fourth-order valence-electron chi connectivity index (χ4n) is 0. The van der Waals surface area contributed by atoms with Crippen molar-refractivity contribution in [3.63, 3.8) is 0 Å². The van der Waals surface area contributed by atoms with Gasteiger partial charge in [-0.3, -0.25) is 0 Å². The van der Waals surface area contributed by atoms with E-state index in [4.69, 9.17) is 29.4 Å². The van der Waals surface area contributed by atoms with Crippen LogP contribution in [0.1, 0.15) is 0 Å². The van der Waals surface area contributed by atoms with Crippen LogP contribution in [0.4, 0.5) is 0 Å². The molecule has 0 spiro atoms. The summed E-state index contributed by atoms with van der Waals surface area (Å²) in [6.07, 6.45) is 0. The van der Waals surface area contributed by atoms with E-state index in [2.05, 4.69) is 23.6 Å². The minimum Gasteiger partial charge on any atom is -0.844 e. The van der Waals surface area contributed by atoms with Gasteiger partial charge in [0.25, 0.3) is 0 Å². The Balaban J connectivity index is -0.0000000267. The molecular formula is GeLi2O6P2S2. The summed E-state index contributed by atoms with van der Waals surface area (Å²) >= 11 is 6.54. The van der Waals surface area contributed by atoms with Crippen LogP contribution in [0.2, 0.25) is 0 Å². The Kier molecular flexibility index (Phi) is 29.4. The minimum atomic E-state index is -4.56. The molecule has 0 aromatic rings. The van der Waals surface area contributed by atoms with Gasteiger partial charge in [0.1, 0.15) is 0 Å². The first kappa shape index (κ1) is 29.7. The first-order valence-corrected chi connectivity index (χ1v) is 6.57. The molecule has 0 amide bonds. The Labute approximate surface area is 121 Å². The van der Waals surface area contributed by atoms with E-state index in [1.165, 1.54) is 0 Å². The standard InChI is InChI=1S/Ge.2Li.2H3O3PS/c;;;2*1-4(2,3)5/h;;;2*(H3,1,2,3,5)/q+4;2*+1;;/p-6. The third-order valence-electron chi connectivity index (χ3n) is 0. The fourth-order valence-corrected chi connectivity index (χ4v) is 0. The van der Waals surface area contributed by atoms with Crippen molar-refractivity contribution in [1.29, 1.82) is 0 Å². The molecule has 0 aliphatic heterocycles. The van der Waals surface area contributed by atoms with Crippen LogP contribution in [0.5, 0.6) is 0 Å². The average molecular weight is 309 g/mol. The first-order valence-electron chi connectivity index (χ1n) is 1.46. The van der Waals surface area contributed by atoms with Crippen molar-refractivity contribution < 1.29 is 67.1 Å². The quantitative estimate of drug-likeness (QED) is 0.317. The fraction of sp³-hybridized carbons (Fsp3) is 0. The maximum absolute atomic E-state index is 8.92. The average Bonchev–Trinajstić information content (AvgIpc) is 1.12. The number of rotatable bonds is 0. The molecule has 64 valence electrons. The third-order valence-corrected chi connectivity index (χ3v) is 0. The Bertz CT molecular complexity index is 139. The molecular weight excluding hydrogens is 309 g/mol. The van der Waals surface area contributed by atoms with Gasteiger partial charge in [0.2, 0.25) is 0 Å². The van der Waals surface area contributed by atoms with Gasteiger partial charge in [-0.1, -0.05) is 0 Å². The van der Waals surface area contributed by atoms with Crippen molar-refractivity contribution in [2.24, 2.45) is 0 Å². The zero-order valence-corrected chi connectivity index (χ0v) is 12.2. The smallest absolute Gasteiger partial charge is 0.844 e. The van der Waals surface area contributed by atoms with Crippen molar-refractivity contribution in [1.82, 2.24) is 0 Å². The summed E-state index contributed by atoms with van der Waals surface area (Å²) in [5.74, 6) is 0. The van der Waals surface area contributed by atoms with Gasteiger partial charge in [0, 0.05) is 0 Å². The molecule has 0 rings (SSSR count). The van der Waals surface area contributed by atoms with Crippen LogP contribution in [0.25, 0.3) is 0 Å². The molecule has 0 N–H and O–H groups in total. The van der Waals surface area contributed by atoms with Gasteiger partial charge in [0.15, 0.2) is 0 Å². The molecule has 0 saturated carbocycles. The van der Waals surface area contributed by atoms with Gasteiger partial charge in [-0.2, -0.15) is 23.6 Å². The molecule has 0 saturated heterocycles. The van der Waals surface area contributed by atoms with Crippen LogP contribution in [-0.2, 0) is 23.6 Å². The molecule has 0 fully saturated rings. The molecule has 0 atom stereocenters. The first-order chi connectivity index (χ1) is 4.00. The Morgan fingerprint density at radius 2 is 0.615 bits per heavy atom. The summed E-state index contributed by atoms with van der Waals surface area (Å²) < 4.78 is 0. The van der Waals surface area contributed by atoms with Crippen LogP contribution in [0.15, 0.2) is 0 Å². The van der Waals surface area contributed by atoms with Crippen LogP contribution in [0, 0.1) is 0 Å². The van der Waals surface area contributed by atoms with Crippen LogP contribution >= 0.6 is 13.4 Å². The van der Waals surface area contributed by atoms with Crippen molar-refractivity contribution in [2.45, 2.75) is 0 Å². The summed E-state index contributed by atoms with van der Waals surface area (Å²) in [6, 6.07) is 0. The topological polar surface area (TPSA) is 138 Å². The summed E-state index contributed by atoms with van der Waals surface area (Å²) in [7, 11) is 0. The predicted octanol–water partition coefficient (Wildman–Crippen LogP) is -11.8. The van der Waals surface area contributed by atoms with Crippen LogP contribution in [-0.4, -0.2) is 17.6 Å². The monoisotopic (exact) mass is 310 g/mol. The summed E-state index contributed by atoms with van der Waals surface area (Å²) in [5, 5.41) is 0. The third kappa shape index (κ3) is 310. The summed E-state index contributed by atoms with van der Waals surface area (Å²) in [4.78, 5) is 53.5. The molecule has 0 heterocycles. The molecule has 0 aromatic heterocycles. The second-order valence-electron chi connectivity index (χ2n) is 0.894. The zero-order valence-electron chi connectivity index (χ0n) is 6.66. The normalized spacial score (nSPS) is 9.08. The van der Waals surface area contributed by atoms with E-state index in [1.807, 2.05) is 0 Å². The molecule has 0 aliphatic rings. The molecule has 0 unspecified atom stereocenters. The summed E-state index contributed by atoms with van der Waals surface area (Å²) in [5.41, 5.74) is 0. The zero-order chi connectivity index (χ0) is 9.00. The second-order valence-corrected chi connectivity index (χ2v) is 5.37. The molecule has 13 heteroatoms. The predicted molar refractivity (Wildman–Crippen MR) is 34.3 cm³/mol. The number of hydrogen-bond acceptors (Lipinski definition) is 8. The summed E-state index contributed by atoms with van der Waals surface area (Å²) in [6.45, 7) is -9.11. The van der Waals surface area contributed by atoms with Crippen molar-refractivity contribution in [3.05, 3.63) is 0 Å². The van der Waals surface area contributed by atoms with E-state index in [-0.39, 0.29) is 55.3 Å². The minimum absolute atomic E-state index is 0. The van der Waals surface area contributed by atoms with E-state index in [1.54, 1.807) is 0 Å².